The summed E-state index contributed by atoms with van der Waals surface area (Å²) in [7, 11) is 1.93. The smallest absolute Gasteiger partial charge is 0.0798 e. The maximum Gasteiger partial charge on any atom is 0.0798 e. The number of aryl methyl sites for hydroxylation is 3. The third-order valence-electron chi connectivity index (χ3n) is 3.28. The lowest BCUT2D eigenvalue weighted by Crippen LogP contribution is -2.25. The molecule has 18 heavy (non-hydrogen) atoms. The normalized spacial score (nSPS) is 12.7. The van der Waals surface area contributed by atoms with Gasteiger partial charge in [-0.05, 0) is 37.1 Å². The maximum absolute atomic E-state index is 4.03. The van der Waals surface area contributed by atoms with Crippen molar-refractivity contribution in [2.24, 2.45) is 7.05 Å². The van der Waals surface area contributed by atoms with Gasteiger partial charge in [-0.3, -0.25) is 4.68 Å². The van der Waals surface area contributed by atoms with Crippen molar-refractivity contribution in [1.29, 1.82) is 0 Å². The Hall–Kier alpha value is -1.68. The molecule has 0 aliphatic carbocycles. The van der Waals surface area contributed by atoms with Gasteiger partial charge in [-0.25, -0.2) is 0 Å². The molecule has 0 aliphatic rings. The molecule has 0 amide bonds. The molecule has 0 spiro atoms. The van der Waals surface area contributed by atoms with Crippen molar-refractivity contribution in [2.45, 2.75) is 26.8 Å². The van der Waals surface area contributed by atoms with Crippen LogP contribution in [0.4, 0.5) is 0 Å². The van der Waals surface area contributed by atoms with E-state index in [4.69, 9.17) is 0 Å². The first-order valence-electron chi connectivity index (χ1n) is 6.29. The largest absolute Gasteiger partial charge is 0.305 e. The summed E-state index contributed by atoms with van der Waals surface area (Å²) in [4.78, 5) is 0. The number of hydrogen-bond acceptors (Lipinski definition) is 3. The minimum atomic E-state index is 0.149. The van der Waals surface area contributed by atoms with Gasteiger partial charge in [0.25, 0.3) is 0 Å². The molecule has 1 unspecified atom stereocenters. The van der Waals surface area contributed by atoms with Gasteiger partial charge in [-0.1, -0.05) is 30.3 Å². The summed E-state index contributed by atoms with van der Waals surface area (Å²) in [5, 5.41) is 11.5. The molecule has 0 bridgehead atoms. The maximum atomic E-state index is 4.03. The lowest BCUT2D eigenvalue weighted by molar-refractivity contribution is 0.564. The summed E-state index contributed by atoms with van der Waals surface area (Å²) in [6.45, 7) is 7.32. The van der Waals surface area contributed by atoms with Crippen LogP contribution in [0.15, 0.2) is 24.4 Å². The van der Waals surface area contributed by atoms with Crippen LogP contribution < -0.4 is 5.32 Å². The Balaban J connectivity index is 2.52. The predicted molar refractivity (Wildman–Crippen MR) is 72.4 cm³/mol. The molecule has 1 aromatic heterocycles. The zero-order valence-corrected chi connectivity index (χ0v) is 11.4. The van der Waals surface area contributed by atoms with Crippen LogP contribution >= 0.6 is 0 Å². The lowest BCUT2D eigenvalue weighted by atomic mass is 9.94. The molecule has 4 heteroatoms. The van der Waals surface area contributed by atoms with Gasteiger partial charge in [0.1, 0.15) is 0 Å². The summed E-state index contributed by atoms with van der Waals surface area (Å²) in [6, 6.07) is 6.54. The van der Waals surface area contributed by atoms with E-state index in [1.54, 1.807) is 0 Å². The number of nitrogens with one attached hydrogen (secondary N) is 1. The Labute approximate surface area is 108 Å². The number of benzene rings is 1. The monoisotopic (exact) mass is 244 g/mol. The van der Waals surface area contributed by atoms with Gasteiger partial charge in [0, 0.05) is 7.05 Å². The molecule has 1 atom stereocenters. The van der Waals surface area contributed by atoms with Crippen LogP contribution in [0.1, 0.15) is 35.3 Å². The molecule has 0 radical (unpaired) electrons. The highest BCUT2D eigenvalue weighted by atomic mass is 15.4. The molecule has 0 saturated heterocycles. The summed E-state index contributed by atoms with van der Waals surface area (Å²) in [6.07, 6.45) is 1.83. The van der Waals surface area contributed by atoms with E-state index in [-0.39, 0.29) is 6.04 Å². The third kappa shape index (κ3) is 2.29. The zero-order valence-electron chi connectivity index (χ0n) is 11.4. The second kappa shape index (κ2) is 5.31. The molecule has 1 heterocycles. The fourth-order valence-electron chi connectivity index (χ4n) is 2.40. The molecule has 0 saturated carbocycles. The molecular weight excluding hydrogens is 224 g/mol. The van der Waals surface area contributed by atoms with Gasteiger partial charge in [0.15, 0.2) is 0 Å². The lowest BCUT2D eigenvalue weighted by Gasteiger charge is -2.22. The van der Waals surface area contributed by atoms with Crippen molar-refractivity contribution in [2.75, 3.05) is 6.54 Å². The number of hydrogen-bond donors (Lipinski definition) is 1. The number of rotatable bonds is 4. The van der Waals surface area contributed by atoms with E-state index in [9.17, 15) is 0 Å². The first-order valence-corrected chi connectivity index (χ1v) is 6.29. The molecule has 2 rings (SSSR count). The van der Waals surface area contributed by atoms with E-state index >= 15 is 0 Å². The summed E-state index contributed by atoms with van der Waals surface area (Å²) < 4.78 is 1.83. The Morgan fingerprint density at radius 1 is 1.28 bits per heavy atom. The number of aromatic nitrogens is 3. The van der Waals surface area contributed by atoms with Crippen LogP contribution in [0.2, 0.25) is 0 Å². The van der Waals surface area contributed by atoms with Crippen LogP contribution in [-0.4, -0.2) is 21.5 Å². The van der Waals surface area contributed by atoms with E-state index in [2.05, 4.69) is 54.6 Å². The molecule has 1 aromatic carbocycles. The standard InChI is InChI=1S/C14H20N4/c1-5-15-14(12-9-16-17-18(12)4)13-10(2)7-6-8-11(13)3/h6-9,14-15H,5H2,1-4H3. The highest BCUT2D eigenvalue weighted by Crippen LogP contribution is 2.26. The average Bonchev–Trinajstić information content (AvgIpc) is 2.74. The quantitative estimate of drug-likeness (QED) is 0.896. The van der Waals surface area contributed by atoms with Gasteiger partial charge >= 0.3 is 0 Å². The van der Waals surface area contributed by atoms with E-state index in [0.717, 1.165) is 12.2 Å². The van der Waals surface area contributed by atoms with Gasteiger partial charge < -0.3 is 5.32 Å². The third-order valence-corrected chi connectivity index (χ3v) is 3.28. The molecule has 96 valence electrons. The second-order valence-electron chi connectivity index (χ2n) is 4.58. The molecule has 4 nitrogen and oxygen atoms in total. The highest BCUT2D eigenvalue weighted by Gasteiger charge is 2.20. The Morgan fingerprint density at radius 2 is 1.94 bits per heavy atom. The molecular formula is C14H20N4. The van der Waals surface area contributed by atoms with E-state index < -0.39 is 0 Å². The van der Waals surface area contributed by atoms with Crippen molar-refractivity contribution in [3.8, 4) is 0 Å². The van der Waals surface area contributed by atoms with Crippen molar-refractivity contribution in [3.05, 3.63) is 46.8 Å². The Kier molecular flexibility index (Phi) is 3.77. The molecule has 1 N–H and O–H groups in total. The Morgan fingerprint density at radius 3 is 2.44 bits per heavy atom. The summed E-state index contributed by atoms with van der Waals surface area (Å²) >= 11 is 0. The fourth-order valence-corrected chi connectivity index (χ4v) is 2.40. The minimum Gasteiger partial charge on any atom is -0.305 e. The SMILES string of the molecule is CCNC(c1c(C)cccc1C)c1cnnn1C. The van der Waals surface area contributed by atoms with Gasteiger partial charge in [0.2, 0.25) is 0 Å². The second-order valence-corrected chi connectivity index (χ2v) is 4.58. The Bertz CT molecular complexity index is 510. The van der Waals surface area contributed by atoms with Gasteiger partial charge in [-0.2, -0.15) is 0 Å². The van der Waals surface area contributed by atoms with Gasteiger partial charge in [-0.15, -0.1) is 5.10 Å². The average molecular weight is 244 g/mol. The number of nitrogens with zero attached hydrogens (tertiary/aromatic N) is 3. The first-order chi connectivity index (χ1) is 8.65. The van der Waals surface area contributed by atoms with Crippen LogP contribution in [0, 0.1) is 13.8 Å². The van der Waals surface area contributed by atoms with E-state index in [1.807, 2.05) is 17.9 Å². The summed E-state index contributed by atoms with van der Waals surface area (Å²) in [5.74, 6) is 0. The fraction of sp³-hybridized carbons (Fsp3) is 0.429. The molecule has 2 aromatic rings. The van der Waals surface area contributed by atoms with E-state index in [0.29, 0.717) is 0 Å². The van der Waals surface area contributed by atoms with Crippen molar-refractivity contribution in [1.82, 2.24) is 20.3 Å². The predicted octanol–water partition coefficient (Wildman–Crippen LogP) is 2.13. The van der Waals surface area contributed by atoms with Crippen molar-refractivity contribution in [3.63, 3.8) is 0 Å². The molecule has 0 aliphatic heterocycles. The molecule has 0 fully saturated rings. The van der Waals surface area contributed by atoms with Crippen molar-refractivity contribution < 1.29 is 0 Å². The van der Waals surface area contributed by atoms with Crippen LogP contribution in [0.3, 0.4) is 0 Å². The summed E-state index contributed by atoms with van der Waals surface area (Å²) in [5.41, 5.74) is 5.00. The highest BCUT2D eigenvalue weighted by molar-refractivity contribution is 5.39. The first kappa shape index (κ1) is 12.8. The van der Waals surface area contributed by atoms with Crippen LogP contribution in [0.25, 0.3) is 0 Å². The van der Waals surface area contributed by atoms with E-state index in [1.165, 1.54) is 16.7 Å². The topological polar surface area (TPSA) is 42.7 Å². The van der Waals surface area contributed by atoms with Crippen LogP contribution in [0.5, 0.6) is 0 Å². The van der Waals surface area contributed by atoms with Gasteiger partial charge in [0.05, 0.1) is 17.9 Å². The van der Waals surface area contributed by atoms with Crippen molar-refractivity contribution >= 4 is 0 Å². The zero-order chi connectivity index (χ0) is 13.1. The minimum absolute atomic E-state index is 0.149. The van der Waals surface area contributed by atoms with Crippen LogP contribution in [-0.2, 0) is 7.05 Å².